The number of benzene rings is 1. The van der Waals surface area contributed by atoms with Gasteiger partial charge in [0.1, 0.15) is 0 Å². The first-order chi connectivity index (χ1) is 10.6. The van der Waals surface area contributed by atoms with E-state index >= 15 is 0 Å². The van der Waals surface area contributed by atoms with E-state index in [9.17, 15) is 8.42 Å². The SMILES string of the molecule is CC(C)(C)[Si](C)(C)OC[C@@H]1[C@H]2C=CN1S(=O)(=O)c1ccccc12. The first-order valence-electron chi connectivity index (χ1n) is 8.00. The minimum absolute atomic E-state index is 0.0829. The number of nitrogens with zero attached hydrogens (tertiary/aromatic N) is 1. The molecule has 0 aromatic heterocycles. The summed E-state index contributed by atoms with van der Waals surface area (Å²) in [5.41, 5.74) is 0.890. The van der Waals surface area contributed by atoms with Crippen molar-refractivity contribution in [2.24, 2.45) is 0 Å². The van der Waals surface area contributed by atoms with E-state index in [-0.39, 0.29) is 17.0 Å². The lowest BCUT2D eigenvalue weighted by atomic mass is 9.94. The molecule has 126 valence electrons. The summed E-state index contributed by atoms with van der Waals surface area (Å²) in [7, 11) is -5.37. The summed E-state index contributed by atoms with van der Waals surface area (Å²) >= 11 is 0. The van der Waals surface area contributed by atoms with Gasteiger partial charge >= 0.3 is 0 Å². The van der Waals surface area contributed by atoms with Crippen LogP contribution in [0.25, 0.3) is 0 Å². The first-order valence-corrected chi connectivity index (χ1v) is 12.4. The van der Waals surface area contributed by atoms with E-state index in [1.54, 1.807) is 18.3 Å². The third-order valence-corrected chi connectivity index (χ3v) is 11.8. The minimum Gasteiger partial charge on any atom is -0.415 e. The van der Waals surface area contributed by atoms with Gasteiger partial charge in [-0.15, -0.1) is 0 Å². The molecule has 0 unspecified atom stereocenters. The van der Waals surface area contributed by atoms with Gasteiger partial charge in [-0.05, 0) is 29.8 Å². The van der Waals surface area contributed by atoms with Gasteiger partial charge < -0.3 is 4.43 Å². The maximum Gasteiger partial charge on any atom is 0.264 e. The predicted molar refractivity (Wildman–Crippen MR) is 94.3 cm³/mol. The molecule has 6 heteroatoms. The molecular formula is C17H25NO3SSi. The molecule has 2 aliphatic rings. The summed E-state index contributed by atoms with van der Waals surface area (Å²) < 4.78 is 33.5. The van der Waals surface area contributed by atoms with Crippen LogP contribution in [0.2, 0.25) is 18.1 Å². The summed E-state index contributed by atoms with van der Waals surface area (Å²) in [5, 5.41) is 0.111. The first kappa shape index (κ1) is 16.7. The Bertz CT molecular complexity index is 749. The minimum atomic E-state index is -3.46. The molecule has 0 saturated carbocycles. The lowest BCUT2D eigenvalue weighted by Gasteiger charge is -2.40. The van der Waals surface area contributed by atoms with Crippen LogP contribution in [0, 0.1) is 0 Å². The number of fused-ring (bicyclic) bond motifs is 4. The Morgan fingerprint density at radius 2 is 1.87 bits per heavy atom. The fraction of sp³-hybridized carbons (Fsp3) is 0.529. The van der Waals surface area contributed by atoms with E-state index in [4.69, 9.17) is 4.43 Å². The van der Waals surface area contributed by atoms with Gasteiger partial charge in [0.2, 0.25) is 0 Å². The second-order valence-electron chi connectivity index (χ2n) is 7.88. The monoisotopic (exact) mass is 351 g/mol. The van der Waals surface area contributed by atoms with Gasteiger partial charge in [0.15, 0.2) is 8.32 Å². The standard InChI is InChI=1S/C17H25NO3SSi/c1-17(2,3)23(4,5)21-12-15-13-10-11-18(15)22(19,20)16-9-7-6-8-14(13)16/h6-11,13,15H,12H2,1-5H3/t13-,15+/m0/s1. The van der Waals surface area contributed by atoms with Crippen molar-refractivity contribution in [1.29, 1.82) is 0 Å². The quantitative estimate of drug-likeness (QED) is 0.780. The van der Waals surface area contributed by atoms with Gasteiger partial charge in [0.25, 0.3) is 10.0 Å². The fourth-order valence-electron chi connectivity index (χ4n) is 2.94. The lowest BCUT2D eigenvalue weighted by molar-refractivity contribution is 0.209. The molecule has 4 nitrogen and oxygen atoms in total. The predicted octanol–water partition coefficient (Wildman–Crippen LogP) is 3.69. The highest BCUT2D eigenvalue weighted by Crippen LogP contribution is 2.44. The van der Waals surface area contributed by atoms with E-state index in [1.807, 2.05) is 18.2 Å². The molecule has 1 aromatic carbocycles. The average molecular weight is 352 g/mol. The Balaban J connectivity index is 1.91. The second-order valence-corrected chi connectivity index (χ2v) is 14.5. The van der Waals surface area contributed by atoms with Crippen LogP contribution in [0.5, 0.6) is 0 Å². The van der Waals surface area contributed by atoms with Crippen molar-refractivity contribution in [2.75, 3.05) is 6.61 Å². The molecule has 0 amide bonds. The van der Waals surface area contributed by atoms with Crippen molar-refractivity contribution in [1.82, 2.24) is 4.31 Å². The van der Waals surface area contributed by atoms with Crippen LogP contribution in [0.1, 0.15) is 32.3 Å². The highest BCUT2D eigenvalue weighted by atomic mass is 32.2. The van der Waals surface area contributed by atoms with Gasteiger partial charge in [-0.25, -0.2) is 8.42 Å². The summed E-state index contributed by atoms with van der Waals surface area (Å²) in [6.07, 6.45) is 3.70. The zero-order chi connectivity index (χ0) is 17.0. The molecule has 2 bridgehead atoms. The molecule has 2 atom stereocenters. The van der Waals surface area contributed by atoms with Crippen LogP contribution in [0.3, 0.4) is 0 Å². The number of rotatable bonds is 3. The fourth-order valence-corrected chi connectivity index (χ4v) is 5.71. The molecule has 3 rings (SSSR count). The lowest BCUT2D eigenvalue weighted by Crippen LogP contribution is -2.48. The molecule has 0 spiro atoms. The third-order valence-electron chi connectivity index (χ3n) is 5.44. The summed E-state index contributed by atoms with van der Waals surface area (Å²) in [6.45, 7) is 11.4. The molecule has 2 heterocycles. The molecule has 2 aliphatic heterocycles. The van der Waals surface area contributed by atoms with Gasteiger partial charge in [-0.3, -0.25) is 4.31 Å². The zero-order valence-corrected chi connectivity index (χ0v) is 16.2. The van der Waals surface area contributed by atoms with Crippen LogP contribution in [-0.4, -0.2) is 33.7 Å². The van der Waals surface area contributed by atoms with Crippen LogP contribution < -0.4 is 0 Å². The van der Waals surface area contributed by atoms with Crippen molar-refractivity contribution in [2.45, 2.75) is 55.8 Å². The average Bonchev–Trinajstić information content (AvgIpc) is 2.83. The summed E-state index contributed by atoms with van der Waals surface area (Å²) in [4.78, 5) is 0.429. The molecule has 0 radical (unpaired) electrons. The highest BCUT2D eigenvalue weighted by molar-refractivity contribution is 7.89. The van der Waals surface area contributed by atoms with Crippen molar-refractivity contribution < 1.29 is 12.8 Å². The number of hydrogen-bond donors (Lipinski definition) is 0. The Morgan fingerprint density at radius 3 is 2.52 bits per heavy atom. The Hall–Kier alpha value is -1.11. The van der Waals surface area contributed by atoms with E-state index in [0.29, 0.717) is 11.5 Å². The normalized spacial score (nSPS) is 25.5. The molecule has 1 aromatic rings. The smallest absolute Gasteiger partial charge is 0.264 e. The molecule has 0 saturated heterocycles. The van der Waals surface area contributed by atoms with Gasteiger partial charge in [-0.2, -0.15) is 0 Å². The topological polar surface area (TPSA) is 46.6 Å². The van der Waals surface area contributed by atoms with E-state index in [2.05, 4.69) is 33.9 Å². The van der Waals surface area contributed by atoms with Crippen molar-refractivity contribution in [3.63, 3.8) is 0 Å². The number of sulfonamides is 1. The second kappa shape index (κ2) is 5.19. The molecular weight excluding hydrogens is 326 g/mol. The molecule has 0 N–H and O–H groups in total. The number of hydrogen-bond acceptors (Lipinski definition) is 3. The van der Waals surface area contributed by atoms with Crippen molar-refractivity contribution >= 4 is 18.3 Å². The van der Waals surface area contributed by atoms with Gasteiger partial charge in [0.05, 0.1) is 17.5 Å². The molecule has 0 fully saturated rings. The van der Waals surface area contributed by atoms with Gasteiger partial charge in [-0.1, -0.05) is 45.0 Å². The maximum absolute atomic E-state index is 12.8. The Kier molecular flexibility index (Phi) is 3.78. The molecule has 23 heavy (non-hydrogen) atoms. The zero-order valence-electron chi connectivity index (χ0n) is 14.4. The maximum atomic E-state index is 12.8. The highest BCUT2D eigenvalue weighted by Gasteiger charge is 2.46. The largest absolute Gasteiger partial charge is 0.415 e. The molecule has 0 aliphatic carbocycles. The summed E-state index contributed by atoms with van der Waals surface area (Å²) in [5.74, 6) is 0.0829. The van der Waals surface area contributed by atoms with Gasteiger partial charge in [0, 0.05) is 12.1 Å². The van der Waals surface area contributed by atoms with Crippen LogP contribution in [-0.2, 0) is 14.4 Å². The van der Waals surface area contributed by atoms with E-state index in [0.717, 1.165) is 5.56 Å². The van der Waals surface area contributed by atoms with E-state index in [1.165, 1.54) is 4.31 Å². The van der Waals surface area contributed by atoms with Crippen molar-refractivity contribution in [3.8, 4) is 0 Å². The van der Waals surface area contributed by atoms with Crippen molar-refractivity contribution in [3.05, 3.63) is 42.1 Å². The van der Waals surface area contributed by atoms with Crippen LogP contribution in [0.15, 0.2) is 41.4 Å². The Labute approximate surface area is 140 Å². The van der Waals surface area contributed by atoms with Crippen LogP contribution in [0.4, 0.5) is 0 Å². The van der Waals surface area contributed by atoms with Crippen LogP contribution >= 0.6 is 0 Å². The third kappa shape index (κ3) is 2.57. The summed E-state index contributed by atoms with van der Waals surface area (Å²) in [6, 6.07) is 7.14. The Morgan fingerprint density at radius 1 is 1.22 bits per heavy atom. The van der Waals surface area contributed by atoms with E-state index < -0.39 is 18.3 Å².